The van der Waals surface area contributed by atoms with Crippen LogP contribution in [0.25, 0.3) is 0 Å². The molecule has 2 N–H and O–H groups in total. The maximum Gasteiger partial charge on any atom is 0.0931 e. The van der Waals surface area contributed by atoms with Gasteiger partial charge >= 0.3 is 0 Å². The lowest BCUT2D eigenvalue weighted by atomic mass is 10.1. The summed E-state index contributed by atoms with van der Waals surface area (Å²) in [5.41, 5.74) is 7.02. The van der Waals surface area contributed by atoms with Crippen molar-refractivity contribution >= 4 is 38.9 Å². The van der Waals surface area contributed by atoms with Gasteiger partial charge in [-0.15, -0.1) is 11.3 Å². The van der Waals surface area contributed by atoms with Crippen molar-refractivity contribution in [3.05, 3.63) is 49.8 Å². The third kappa shape index (κ3) is 4.00. The Morgan fingerprint density at radius 1 is 1.47 bits per heavy atom. The van der Waals surface area contributed by atoms with Crippen molar-refractivity contribution in [3.63, 3.8) is 0 Å². The summed E-state index contributed by atoms with van der Waals surface area (Å²) < 4.78 is 1.79. The number of pyridine rings is 1. The van der Waals surface area contributed by atoms with Crippen LogP contribution >= 0.6 is 38.9 Å². The summed E-state index contributed by atoms with van der Waals surface area (Å²) >= 11 is 11.0. The second-order valence-corrected chi connectivity index (χ2v) is 7.02. The lowest BCUT2D eigenvalue weighted by Crippen LogP contribution is -2.30. The number of aromatic nitrogens is 1. The minimum Gasteiger partial charge on any atom is -0.329 e. The van der Waals surface area contributed by atoms with E-state index in [4.69, 9.17) is 17.3 Å². The van der Waals surface area contributed by atoms with Crippen LogP contribution in [0.1, 0.15) is 16.5 Å². The van der Waals surface area contributed by atoms with Crippen molar-refractivity contribution in [1.29, 1.82) is 0 Å². The summed E-state index contributed by atoms with van der Waals surface area (Å²) in [6.45, 7) is 1.37. The third-order valence-electron chi connectivity index (χ3n) is 2.90. The fraction of sp³-hybridized carbons (Fsp3) is 0.308. The maximum absolute atomic E-state index is 5.95. The molecule has 1 unspecified atom stereocenters. The van der Waals surface area contributed by atoms with Gasteiger partial charge in [-0.05, 0) is 46.7 Å². The molecule has 0 amide bonds. The number of rotatable bonds is 5. The standard InChI is InChI=1S/C13H15BrClN3S/c1-18(8-11-2-3-13(15)19-11)12(5-16)9-4-10(14)7-17-6-9/h2-4,6-7,12H,5,8,16H2,1H3. The highest BCUT2D eigenvalue weighted by molar-refractivity contribution is 9.10. The van der Waals surface area contributed by atoms with Gasteiger partial charge in [0.2, 0.25) is 0 Å². The van der Waals surface area contributed by atoms with Gasteiger partial charge in [0.25, 0.3) is 0 Å². The minimum atomic E-state index is 0.144. The van der Waals surface area contributed by atoms with E-state index in [1.807, 2.05) is 12.3 Å². The Kier molecular flexibility index (Phi) is 5.36. The summed E-state index contributed by atoms with van der Waals surface area (Å²) in [4.78, 5) is 7.64. The molecule has 0 aliphatic heterocycles. The number of nitrogens with two attached hydrogens (primary N) is 1. The number of likely N-dealkylation sites (N-methyl/N-ethyl adjacent to an activating group) is 1. The lowest BCUT2D eigenvalue weighted by molar-refractivity contribution is 0.243. The van der Waals surface area contributed by atoms with E-state index >= 15 is 0 Å². The van der Waals surface area contributed by atoms with Gasteiger partial charge < -0.3 is 5.73 Å². The minimum absolute atomic E-state index is 0.144. The van der Waals surface area contributed by atoms with E-state index in [-0.39, 0.29) is 6.04 Å². The van der Waals surface area contributed by atoms with Crippen molar-refractivity contribution in [3.8, 4) is 0 Å². The SMILES string of the molecule is CN(Cc1ccc(Cl)s1)C(CN)c1cncc(Br)c1. The first-order valence-electron chi connectivity index (χ1n) is 5.85. The first-order valence-corrected chi connectivity index (χ1v) is 7.84. The Balaban J connectivity index is 2.12. The largest absolute Gasteiger partial charge is 0.329 e. The number of thiophene rings is 1. The number of nitrogens with zero attached hydrogens (tertiary/aromatic N) is 2. The van der Waals surface area contributed by atoms with Crippen molar-refractivity contribution in [2.45, 2.75) is 12.6 Å². The first kappa shape index (κ1) is 14.9. The van der Waals surface area contributed by atoms with Crippen molar-refractivity contribution in [1.82, 2.24) is 9.88 Å². The van der Waals surface area contributed by atoms with Crippen LogP contribution in [-0.2, 0) is 6.54 Å². The maximum atomic E-state index is 5.95. The fourth-order valence-electron chi connectivity index (χ4n) is 1.97. The third-order valence-corrected chi connectivity index (χ3v) is 4.55. The molecule has 2 aromatic rings. The molecule has 0 aliphatic carbocycles. The highest BCUT2D eigenvalue weighted by Crippen LogP contribution is 2.26. The Morgan fingerprint density at radius 3 is 2.84 bits per heavy atom. The van der Waals surface area contributed by atoms with E-state index in [0.29, 0.717) is 6.54 Å². The van der Waals surface area contributed by atoms with Gasteiger partial charge in [-0.1, -0.05) is 11.6 Å². The smallest absolute Gasteiger partial charge is 0.0931 e. The topological polar surface area (TPSA) is 42.1 Å². The van der Waals surface area contributed by atoms with E-state index in [9.17, 15) is 0 Å². The molecule has 0 fully saturated rings. The zero-order valence-corrected chi connectivity index (χ0v) is 13.7. The molecule has 3 nitrogen and oxygen atoms in total. The van der Waals surface area contributed by atoms with Crippen LogP contribution in [0.15, 0.2) is 35.1 Å². The zero-order chi connectivity index (χ0) is 13.8. The highest BCUT2D eigenvalue weighted by Gasteiger charge is 2.17. The normalized spacial score (nSPS) is 12.9. The number of halogens is 2. The fourth-order valence-corrected chi connectivity index (χ4v) is 3.51. The van der Waals surface area contributed by atoms with Crippen LogP contribution in [0.3, 0.4) is 0 Å². The van der Waals surface area contributed by atoms with E-state index in [0.717, 1.165) is 20.9 Å². The van der Waals surface area contributed by atoms with E-state index in [1.54, 1.807) is 17.5 Å². The van der Waals surface area contributed by atoms with E-state index < -0.39 is 0 Å². The number of hydrogen-bond donors (Lipinski definition) is 1. The van der Waals surface area contributed by atoms with Gasteiger partial charge in [0, 0.05) is 40.9 Å². The molecule has 0 aliphatic rings. The first-order chi connectivity index (χ1) is 9.10. The highest BCUT2D eigenvalue weighted by atomic mass is 79.9. The molecule has 0 bridgehead atoms. The van der Waals surface area contributed by atoms with Gasteiger partial charge in [0.15, 0.2) is 0 Å². The molecule has 1 atom stereocenters. The van der Waals surface area contributed by atoms with Crippen molar-refractivity contribution in [2.24, 2.45) is 5.73 Å². The summed E-state index contributed by atoms with van der Waals surface area (Å²) in [6, 6.07) is 6.18. The van der Waals surface area contributed by atoms with E-state index in [2.05, 4.69) is 45.0 Å². The van der Waals surface area contributed by atoms with Crippen LogP contribution in [0.4, 0.5) is 0 Å². The Bertz CT molecular complexity index is 546. The van der Waals surface area contributed by atoms with Crippen LogP contribution in [0.5, 0.6) is 0 Å². The van der Waals surface area contributed by atoms with Gasteiger partial charge in [0.1, 0.15) is 0 Å². The predicted octanol–water partition coefficient (Wildman–Crippen LogP) is 3.69. The molecule has 0 saturated heterocycles. The molecular formula is C13H15BrClN3S. The molecule has 2 heterocycles. The monoisotopic (exact) mass is 359 g/mol. The number of hydrogen-bond acceptors (Lipinski definition) is 4. The van der Waals surface area contributed by atoms with Crippen LogP contribution < -0.4 is 5.73 Å². The average molecular weight is 361 g/mol. The lowest BCUT2D eigenvalue weighted by Gasteiger charge is -2.26. The van der Waals surface area contributed by atoms with Gasteiger partial charge in [-0.25, -0.2) is 0 Å². The summed E-state index contributed by atoms with van der Waals surface area (Å²) in [7, 11) is 2.06. The van der Waals surface area contributed by atoms with Gasteiger partial charge in [0.05, 0.1) is 4.34 Å². The predicted molar refractivity (Wildman–Crippen MR) is 84.5 cm³/mol. The molecule has 0 saturated carbocycles. The molecule has 19 heavy (non-hydrogen) atoms. The second kappa shape index (κ2) is 6.81. The quantitative estimate of drug-likeness (QED) is 0.884. The van der Waals surface area contributed by atoms with Gasteiger partial charge in [-0.2, -0.15) is 0 Å². The Labute approximate surface area is 130 Å². The average Bonchev–Trinajstić information content (AvgIpc) is 2.75. The molecule has 0 spiro atoms. The molecule has 2 aromatic heterocycles. The molecule has 2 rings (SSSR count). The van der Waals surface area contributed by atoms with Crippen LogP contribution in [0, 0.1) is 0 Å². The molecular weight excluding hydrogens is 346 g/mol. The molecule has 102 valence electrons. The van der Waals surface area contributed by atoms with Crippen LogP contribution in [-0.4, -0.2) is 23.5 Å². The van der Waals surface area contributed by atoms with Crippen LogP contribution in [0.2, 0.25) is 4.34 Å². The Hall–Kier alpha value is -0.460. The molecule has 0 radical (unpaired) electrons. The second-order valence-electron chi connectivity index (χ2n) is 4.31. The zero-order valence-electron chi connectivity index (χ0n) is 10.5. The summed E-state index contributed by atoms with van der Waals surface area (Å²) in [6.07, 6.45) is 3.64. The van der Waals surface area contributed by atoms with Crippen molar-refractivity contribution in [2.75, 3.05) is 13.6 Å². The van der Waals surface area contributed by atoms with Gasteiger partial charge in [-0.3, -0.25) is 9.88 Å². The van der Waals surface area contributed by atoms with Crippen molar-refractivity contribution < 1.29 is 0 Å². The summed E-state index contributed by atoms with van der Waals surface area (Å²) in [5, 5.41) is 0. The molecule has 0 aromatic carbocycles. The summed E-state index contributed by atoms with van der Waals surface area (Å²) in [5.74, 6) is 0. The van der Waals surface area contributed by atoms with E-state index in [1.165, 1.54) is 4.88 Å². The Morgan fingerprint density at radius 2 is 2.26 bits per heavy atom. The molecule has 6 heteroatoms.